The smallest absolute Gasteiger partial charge is 0.164 e. The number of furan rings is 1. The summed E-state index contributed by atoms with van der Waals surface area (Å²) in [5.74, 6) is 1.92. The van der Waals surface area contributed by atoms with Crippen LogP contribution in [-0.2, 0) is 0 Å². The van der Waals surface area contributed by atoms with Crippen LogP contribution in [0, 0.1) is 0 Å². The Labute approximate surface area is 373 Å². The second-order valence-corrected chi connectivity index (χ2v) is 18.5. The molecule has 5 aromatic heterocycles. The molecule has 0 radical (unpaired) electrons. The number of fused-ring (bicyclic) bond motifs is 13. The first-order valence-corrected chi connectivity index (χ1v) is 23.0. The zero-order chi connectivity index (χ0) is 41.9. The number of para-hydroxylation sites is 2. The standard InChI is InChI=1S/C57H32N4OS2/c1-5-19-47-39(15-1)45-27-28-46-40-16-2-6-20-48(40)62-54(46)53(45)61(47)38-14-10-12-34(30-38)33-11-9-13-35(29-33)55-58-56(36-23-25-43-41-17-3-7-21-49(41)63-51(43)31-36)60-57(59-55)37-24-26-44-42-18-4-8-22-50(42)64-52(44)32-37/h1-32H. The van der Waals surface area contributed by atoms with Crippen molar-refractivity contribution >= 4 is 107 Å². The van der Waals surface area contributed by atoms with Gasteiger partial charge in [0.1, 0.15) is 5.58 Å². The molecule has 0 aliphatic heterocycles. The average Bonchev–Trinajstić information content (AvgIpc) is 4.12. The van der Waals surface area contributed by atoms with Gasteiger partial charge in [0.15, 0.2) is 23.1 Å². The Hall–Kier alpha value is -7.97. The highest BCUT2D eigenvalue weighted by Crippen LogP contribution is 2.42. The Morgan fingerprint density at radius 1 is 0.344 bits per heavy atom. The molecule has 0 saturated carbocycles. The third-order valence-corrected chi connectivity index (χ3v) is 14.9. The van der Waals surface area contributed by atoms with Gasteiger partial charge in [-0.15, -0.1) is 22.7 Å². The topological polar surface area (TPSA) is 56.7 Å². The normalized spacial score (nSPS) is 12.1. The van der Waals surface area contributed by atoms with Crippen molar-refractivity contribution in [2.24, 2.45) is 0 Å². The quantitative estimate of drug-likeness (QED) is 0.173. The molecule has 0 fully saturated rings. The predicted molar refractivity (Wildman–Crippen MR) is 269 cm³/mol. The van der Waals surface area contributed by atoms with E-state index in [1.165, 1.54) is 45.7 Å². The zero-order valence-electron chi connectivity index (χ0n) is 34.0. The Morgan fingerprint density at radius 3 is 1.53 bits per heavy atom. The summed E-state index contributed by atoms with van der Waals surface area (Å²) in [5.41, 5.74) is 10.0. The van der Waals surface area contributed by atoms with Gasteiger partial charge < -0.3 is 8.98 Å². The zero-order valence-corrected chi connectivity index (χ0v) is 35.6. The molecular weight excluding hydrogens is 821 g/mol. The number of thiophene rings is 2. The van der Waals surface area contributed by atoms with Crippen LogP contribution in [0.15, 0.2) is 199 Å². The lowest BCUT2D eigenvalue weighted by Gasteiger charge is -2.12. The van der Waals surface area contributed by atoms with Crippen LogP contribution in [0.4, 0.5) is 0 Å². The highest BCUT2D eigenvalue weighted by molar-refractivity contribution is 7.26. The summed E-state index contributed by atoms with van der Waals surface area (Å²) in [5, 5.41) is 9.60. The summed E-state index contributed by atoms with van der Waals surface area (Å²) in [6, 6.07) is 69.1. The summed E-state index contributed by atoms with van der Waals surface area (Å²) in [6.45, 7) is 0. The highest BCUT2D eigenvalue weighted by atomic mass is 32.1. The van der Waals surface area contributed by atoms with E-state index in [1.807, 2.05) is 12.1 Å². The predicted octanol–water partition coefficient (Wildman–Crippen LogP) is 16.3. The first-order chi connectivity index (χ1) is 31.7. The minimum Gasteiger partial charge on any atom is -0.454 e. The van der Waals surface area contributed by atoms with Crippen molar-refractivity contribution in [1.82, 2.24) is 19.5 Å². The van der Waals surface area contributed by atoms with E-state index in [0.29, 0.717) is 17.5 Å². The Kier molecular flexibility index (Phi) is 7.66. The van der Waals surface area contributed by atoms with Gasteiger partial charge in [-0.1, -0.05) is 133 Å². The third-order valence-electron chi connectivity index (χ3n) is 12.6. The van der Waals surface area contributed by atoms with E-state index >= 15 is 0 Å². The van der Waals surface area contributed by atoms with Gasteiger partial charge in [-0.3, -0.25) is 0 Å². The van der Waals surface area contributed by atoms with Crippen LogP contribution in [0.5, 0.6) is 0 Å². The average molecular weight is 853 g/mol. The molecule has 0 aliphatic carbocycles. The lowest BCUT2D eigenvalue weighted by atomic mass is 10.0. The summed E-state index contributed by atoms with van der Waals surface area (Å²) < 4.78 is 14.0. The third kappa shape index (κ3) is 5.45. The molecule has 5 heterocycles. The molecule has 0 atom stereocenters. The molecule has 14 aromatic rings. The number of hydrogen-bond acceptors (Lipinski definition) is 6. The van der Waals surface area contributed by atoms with E-state index in [2.05, 4.69) is 187 Å². The van der Waals surface area contributed by atoms with Crippen LogP contribution in [0.2, 0.25) is 0 Å². The summed E-state index contributed by atoms with van der Waals surface area (Å²) >= 11 is 3.60. The number of aromatic nitrogens is 4. The number of benzene rings is 9. The van der Waals surface area contributed by atoms with Crippen molar-refractivity contribution in [3.8, 4) is 51.0 Å². The number of nitrogens with zero attached hydrogens (tertiary/aromatic N) is 4. The molecule has 0 bridgehead atoms. The monoisotopic (exact) mass is 852 g/mol. The summed E-state index contributed by atoms with van der Waals surface area (Å²) in [6.07, 6.45) is 0. The molecule has 0 unspecified atom stereocenters. The molecule has 0 N–H and O–H groups in total. The van der Waals surface area contributed by atoms with Crippen molar-refractivity contribution in [3.05, 3.63) is 194 Å². The molecule has 0 amide bonds. The lowest BCUT2D eigenvalue weighted by Crippen LogP contribution is -2.00. The van der Waals surface area contributed by atoms with E-state index < -0.39 is 0 Å². The molecule has 64 heavy (non-hydrogen) atoms. The number of hydrogen-bond donors (Lipinski definition) is 0. The molecule has 0 spiro atoms. The van der Waals surface area contributed by atoms with Gasteiger partial charge in [0.2, 0.25) is 0 Å². The molecule has 5 nitrogen and oxygen atoms in total. The maximum Gasteiger partial charge on any atom is 0.164 e. The molecule has 9 aromatic carbocycles. The van der Waals surface area contributed by atoms with Gasteiger partial charge in [0.05, 0.1) is 11.0 Å². The molecule has 0 saturated heterocycles. The highest BCUT2D eigenvalue weighted by Gasteiger charge is 2.20. The fraction of sp³-hybridized carbons (Fsp3) is 0. The Bertz CT molecular complexity index is 4100. The minimum absolute atomic E-state index is 0.626. The fourth-order valence-electron chi connectivity index (χ4n) is 9.65. The first kappa shape index (κ1) is 35.6. The van der Waals surface area contributed by atoms with Crippen molar-refractivity contribution < 1.29 is 4.42 Å². The van der Waals surface area contributed by atoms with Crippen LogP contribution in [0.25, 0.3) is 135 Å². The van der Waals surface area contributed by atoms with E-state index in [9.17, 15) is 0 Å². The summed E-state index contributed by atoms with van der Waals surface area (Å²) in [4.78, 5) is 15.7. The van der Waals surface area contributed by atoms with E-state index in [-0.39, 0.29) is 0 Å². The van der Waals surface area contributed by atoms with Gasteiger partial charge in [-0.05, 0) is 71.8 Å². The van der Waals surface area contributed by atoms with Crippen LogP contribution in [0.1, 0.15) is 0 Å². The van der Waals surface area contributed by atoms with Crippen LogP contribution in [0.3, 0.4) is 0 Å². The molecule has 298 valence electrons. The Morgan fingerprint density at radius 2 is 0.844 bits per heavy atom. The SMILES string of the molecule is c1cc(-c2cccc(-n3c4ccccc4c4ccc5c6ccccc6oc5c43)c2)cc(-c2nc(-c3ccc4c(c3)sc3ccccc34)nc(-c3ccc4c(c3)sc3ccccc34)n2)c1. The van der Waals surface area contributed by atoms with E-state index in [1.54, 1.807) is 22.7 Å². The molecule has 14 rings (SSSR count). The molecule has 0 aliphatic rings. The first-order valence-electron chi connectivity index (χ1n) is 21.3. The van der Waals surface area contributed by atoms with Gasteiger partial charge in [0, 0.05) is 84.3 Å². The summed E-state index contributed by atoms with van der Waals surface area (Å²) in [7, 11) is 0. The van der Waals surface area contributed by atoms with Gasteiger partial charge in [-0.2, -0.15) is 0 Å². The van der Waals surface area contributed by atoms with Crippen LogP contribution < -0.4 is 0 Å². The Balaban J connectivity index is 0.924. The number of rotatable bonds is 5. The van der Waals surface area contributed by atoms with E-state index in [0.717, 1.165) is 71.9 Å². The second-order valence-electron chi connectivity index (χ2n) is 16.3. The lowest BCUT2D eigenvalue weighted by molar-refractivity contribution is 0.671. The molecular formula is C57H32N4OS2. The minimum atomic E-state index is 0.626. The van der Waals surface area contributed by atoms with Gasteiger partial charge >= 0.3 is 0 Å². The van der Waals surface area contributed by atoms with Crippen molar-refractivity contribution in [3.63, 3.8) is 0 Å². The van der Waals surface area contributed by atoms with Crippen LogP contribution >= 0.6 is 22.7 Å². The van der Waals surface area contributed by atoms with Gasteiger partial charge in [-0.25, -0.2) is 15.0 Å². The van der Waals surface area contributed by atoms with Crippen molar-refractivity contribution in [2.45, 2.75) is 0 Å². The molecule has 7 heteroatoms. The maximum absolute atomic E-state index is 6.65. The maximum atomic E-state index is 6.65. The second kappa shape index (κ2) is 13.8. The van der Waals surface area contributed by atoms with Crippen LogP contribution in [-0.4, -0.2) is 19.5 Å². The van der Waals surface area contributed by atoms with Crippen molar-refractivity contribution in [1.29, 1.82) is 0 Å². The van der Waals surface area contributed by atoms with E-state index in [4.69, 9.17) is 19.4 Å². The van der Waals surface area contributed by atoms with Gasteiger partial charge in [0.25, 0.3) is 0 Å². The fourth-order valence-corrected chi connectivity index (χ4v) is 11.9. The largest absolute Gasteiger partial charge is 0.454 e. The van der Waals surface area contributed by atoms with Crippen molar-refractivity contribution in [2.75, 3.05) is 0 Å².